The molecule has 0 radical (unpaired) electrons. The molecule has 0 aliphatic carbocycles. The zero-order valence-corrected chi connectivity index (χ0v) is 13.2. The van der Waals surface area contributed by atoms with E-state index in [2.05, 4.69) is 60.4 Å². The summed E-state index contributed by atoms with van der Waals surface area (Å²) in [6, 6.07) is 9.54. The van der Waals surface area contributed by atoms with Crippen molar-refractivity contribution in [2.75, 3.05) is 39.0 Å². The van der Waals surface area contributed by atoms with Gasteiger partial charge in [-0.1, -0.05) is 19.1 Å². The highest BCUT2D eigenvalue weighted by molar-refractivity contribution is 5.45. The second-order valence-electron chi connectivity index (χ2n) is 6.19. The van der Waals surface area contributed by atoms with Crippen LogP contribution in [0.3, 0.4) is 0 Å². The van der Waals surface area contributed by atoms with E-state index in [1.54, 1.807) is 0 Å². The first-order chi connectivity index (χ1) is 9.67. The first-order valence-corrected chi connectivity index (χ1v) is 7.90. The van der Waals surface area contributed by atoms with Crippen LogP contribution in [0.2, 0.25) is 0 Å². The highest BCUT2D eigenvalue weighted by atomic mass is 15.1. The molecule has 1 saturated heterocycles. The Hall–Kier alpha value is -1.06. The molecule has 1 aliphatic rings. The van der Waals surface area contributed by atoms with Crippen molar-refractivity contribution in [1.29, 1.82) is 0 Å². The molecule has 20 heavy (non-hydrogen) atoms. The Morgan fingerprint density at radius 1 is 1.15 bits per heavy atom. The Kier molecular flexibility index (Phi) is 5.86. The van der Waals surface area contributed by atoms with Gasteiger partial charge in [0.25, 0.3) is 0 Å². The van der Waals surface area contributed by atoms with Gasteiger partial charge in [-0.2, -0.15) is 0 Å². The molecule has 1 aromatic rings. The van der Waals surface area contributed by atoms with E-state index in [0.717, 1.165) is 6.54 Å². The Morgan fingerprint density at radius 2 is 1.80 bits per heavy atom. The SMILES string of the molecule is CCCN1CCC(Nc2ccc(CN(C)C)cc2)CC1. The maximum absolute atomic E-state index is 3.68. The predicted octanol–water partition coefficient (Wildman–Crippen LogP) is 3.03. The molecule has 0 atom stereocenters. The van der Waals surface area contributed by atoms with Gasteiger partial charge in [-0.25, -0.2) is 0 Å². The van der Waals surface area contributed by atoms with Gasteiger partial charge in [-0.3, -0.25) is 0 Å². The van der Waals surface area contributed by atoms with Gasteiger partial charge in [0, 0.05) is 31.4 Å². The van der Waals surface area contributed by atoms with Crippen LogP contribution in [-0.2, 0) is 6.54 Å². The molecule has 1 aromatic carbocycles. The van der Waals surface area contributed by atoms with Crippen molar-refractivity contribution in [3.05, 3.63) is 29.8 Å². The number of nitrogens with zero attached hydrogens (tertiary/aromatic N) is 2. The van der Waals surface area contributed by atoms with Crippen LogP contribution in [0.1, 0.15) is 31.7 Å². The van der Waals surface area contributed by atoms with Crippen molar-refractivity contribution in [1.82, 2.24) is 9.80 Å². The van der Waals surface area contributed by atoms with E-state index in [-0.39, 0.29) is 0 Å². The van der Waals surface area contributed by atoms with Crippen molar-refractivity contribution in [2.45, 2.75) is 38.8 Å². The monoisotopic (exact) mass is 275 g/mol. The second kappa shape index (κ2) is 7.65. The van der Waals surface area contributed by atoms with Crippen molar-refractivity contribution < 1.29 is 0 Å². The number of anilines is 1. The number of likely N-dealkylation sites (tertiary alicyclic amines) is 1. The minimum Gasteiger partial charge on any atom is -0.382 e. The summed E-state index contributed by atoms with van der Waals surface area (Å²) in [5, 5.41) is 3.68. The van der Waals surface area contributed by atoms with Crippen LogP contribution in [0.15, 0.2) is 24.3 Å². The lowest BCUT2D eigenvalue weighted by Gasteiger charge is -2.32. The lowest BCUT2D eigenvalue weighted by Crippen LogP contribution is -2.39. The summed E-state index contributed by atoms with van der Waals surface area (Å²) in [6.07, 6.45) is 3.80. The number of nitrogens with one attached hydrogen (secondary N) is 1. The van der Waals surface area contributed by atoms with E-state index in [1.165, 1.54) is 50.1 Å². The molecular formula is C17H29N3. The normalized spacial score (nSPS) is 17.6. The molecule has 1 heterocycles. The highest BCUT2D eigenvalue weighted by Gasteiger charge is 2.18. The summed E-state index contributed by atoms with van der Waals surface area (Å²) >= 11 is 0. The Morgan fingerprint density at radius 3 is 2.35 bits per heavy atom. The zero-order valence-electron chi connectivity index (χ0n) is 13.2. The van der Waals surface area contributed by atoms with Gasteiger partial charge in [0.1, 0.15) is 0 Å². The lowest BCUT2D eigenvalue weighted by molar-refractivity contribution is 0.219. The van der Waals surface area contributed by atoms with Gasteiger partial charge in [0.15, 0.2) is 0 Å². The maximum atomic E-state index is 3.68. The van der Waals surface area contributed by atoms with Crippen molar-refractivity contribution in [2.24, 2.45) is 0 Å². The third-order valence-electron chi connectivity index (χ3n) is 3.95. The minimum atomic E-state index is 0.641. The van der Waals surface area contributed by atoms with E-state index in [1.807, 2.05) is 0 Å². The van der Waals surface area contributed by atoms with Crippen LogP contribution < -0.4 is 5.32 Å². The van der Waals surface area contributed by atoms with Crippen LogP contribution in [0.4, 0.5) is 5.69 Å². The van der Waals surface area contributed by atoms with Gasteiger partial charge in [0.2, 0.25) is 0 Å². The molecule has 0 aromatic heterocycles. The number of benzene rings is 1. The summed E-state index contributed by atoms with van der Waals surface area (Å²) in [7, 11) is 4.21. The molecule has 1 aliphatic heterocycles. The zero-order chi connectivity index (χ0) is 14.4. The topological polar surface area (TPSA) is 18.5 Å². The van der Waals surface area contributed by atoms with Gasteiger partial charge >= 0.3 is 0 Å². The number of piperidine rings is 1. The third kappa shape index (κ3) is 4.80. The largest absolute Gasteiger partial charge is 0.382 e. The van der Waals surface area contributed by atoms with E-state index < -0.39 is 0 Å². The number of hydrogen-bond donors (Lipinski definition) is 1. The molecular weight excluding hydrogens is 246 g/mol. The van der Waals surface area contributed by atoms with Crippen LogP contribution in [0.5, 0.6) is 0 Å². The average Bonchev–Trinajstić information content (AvgIpc) is 2.43. The van der Waals surface area contributed by atoms with Crippen LogP contribution >= 0.6 is 0 Å². The first kappa shape index (κ1) is 15.3. The Labute approximate surface area is 124 Å². The van der Waals surface area contributed by atoms with E-state index in [0.29, 0.717) is 6.04 Å². The summed E-state index contributed by atoms with van der Waals surface area (Å²) in [5.41, 5.74) is 2.64. The fraction of sp³-hybridized carbons (Fsp3) is 0.647. The predicted molar refractivity (Wildman–Crippen MR) is 87.2 cm³/mol. The molecule has 1 N–H and O–H groups in total. The first-order valence-electron chi connectivity index (χ1n) is 7.90. The molecule has 0 amide bonds. The molecule has 0 unspecified atom stereocenters. The molecule has 0 saturated carbocycles. The van der Waals surface area contributed by atoms with E-state index in [9.17, 15) is 0 Å². The maximum Gasteiger partial charge on any atom is 0.0342 e. The average molecular weight is 275 g/mol. The lowest BCUT2D eigenvalue weighted by atomic mass is 10.0. The van der Waals surface area contributed by atoms with Gasteiger partial charge in [-0.05, 0) is 57.6 Å². The summed E-state index contributed by atoms with van der Waals surface area (Å²) in [5.74, 6) is 0. The fourth-order valence-corrected chi connectivity index (χ4v) is 2.92. The van der Waals surface area contributed by atoms with Crippen molar-refractivity contribution in [3.8, 4) is 0 Å². The van der Waals surface area contributed by atoms with Crippen molar-refractivity contribution in [3.63, 3.8) is 0 Å². The standard InChI is InChI=1S/C17H29N3/c1-4-11-20-12-9-17(10-13-20)18-16-7-5-15(6-8-16)14-19(2)3/h5-8,17-18H,4,9-14H2,1-3H3. The molecule has 2 rings (SSSR count). The summed E-state index contributed by atoms with van der Waals surface area (Å²) in [4.78, 5) is 4.78. The summed E-state index contributed by atoms with van der Waals surface area (Å²) < 4.78 is 0. The van der Waals surface area contributed by atoms with Crippen LogP contribution in [0.25, 0.3) is 0 Å². The number of hydrogen-bond acceptors (Lipinski definition) is 3. The molecule has 0 spiro atoms. The second-order valence-corrected chi connectivity index (χ2v) is 6.19. The third-order valence-corrected chi connectivity index (χ3v) is 3.95. The van der Waals surface area contributed by atoms with Gasteiger partial charge in [-0.15, -0.1) is 0 Å². The fourth-order valence-electron chi connectivity index (χ4n) is 2.92. The van der Waals surface area contributed by atoms with Gasteiger partial charge in [0.05, 0.1) is 0 Å². The molecule has 0 bridgehead atoms. The highest BCUT2D eigenvalue weighted by Crippen LogP contribution is 2.17. The van der Waals surface area contributed by atoms with E-state index >= 15 is 0 Å². The molecule has 3 heteroatoms. The van der Waals surface area contributed by atoms with Gasteiger partial charge < -0.3 is 15.1 Å². The molecule has 3 nitrogen and oxygen atoms in total. The molecule has 1 fully saturated rings. The van der Waals surface area contributed by atoms with Crippen LogP contribution in [0, 0.1) is 0 Å². The van der Waals surface area contributed by atoms with E-state index in [4.69, 9.17) is 0 Å². The van der Waals surface area contributed by atoms with Crippen LogP contribution in [-0.4, -0.2) is 49.6 Å². The Balaban J connectivity index is 1.79. The number of rotatable bonds is 6. The molecule has 112 valence electrons. The smallest absolute Gasteiger partial charge is 0.0342 e. The minimum absolute atomic E-state index is 0.641. The Bertz CT molecular complexity index is 378. The summed E-state index contributed by atoms with van der Waals surface area (Å²) in [6.45, 7) is 7.01. The quantitative estimate of drug-likeness (QED) is 0.861. The van der Waals surface area contributed by atoms with Crippen molar-refractivity contribution >= 4 is 5.69 Å².